The molecule has 0 atom stereocenters. The fraction of sp³-hybridized carbons (Fsp3) is 0.333. The summed E-state index contributed by atoms with van der Waals surface area (Å²) in [6.45, 7) is 2.29. The zero-order valence-electron chi connectivity index (χ0n) is 10.6. The number of aromatic nitrogens is 3. The van der Waals surface area contributed by atoms with E-state index in [1.807, 2.05) is 26.1 Å². The van der Waals surface area contributed by atoms with Gasteiger partial charge < -0.3 is 10.5 Å². The first-order valence-electron chi connectivity index (χ1n) is 5.51. The Hall–Kier alpha value is -1.59. The van der Waals surface area contributed by atoms with Crippen molar-refractivity contribution >= 4 is 11.6 Å². The lowest BCUT2D eigenvalue weighted by Gasteiger charge is -2.09. The van der Waals surface area contributed by atoms with Gasteiger partial charge in [-0.05, 0) is 24.6 Å². The van der Waals surface area contributed by atoms with Crippen molar-refractivity contribution in [2.24, 2.45) is 12.8 Å². The normalized spacial score (nSPS) is 10.7. The Labute approximate surface area is 111 Å². The van der Waals surface area contributed by atoms with Gasteiger partial charge in [0.25, 0.3) is 0 Å². The lowest BCUT2D eigenvalue weighted by atomic mass is 10.1. The molecule has 0 spiro atoms. The summed E-state index contributed by atoms with van der Waals surface area (Å²) in [5, 5.41) is 4.78. The molecule has 0 aliphatic heterocycles. The molecule has 96 valence electrons. The monoisotopic (exact) mass is 266 g/mol. The van der Waals surface area contributed by atoms with Gasteiger partial charge in [-0.3, -0.25) is 0 Å². The number of benzene rings is 1. The Balaban J connectivity index is 2.56. The van der Waals surface area contributed by atoms with Crippen LogP contribution >= 0.6 is 11.6 Å². The minimum atomic E-state index is 0.316. The van der Waals surface area contributed by atoms with E-state index in [1.165, 1.54) is 0 Å². The smallest absolute Gasteiger partial charge is 0.164 e. The second kappa shape index (κ2) is 4.96. The molecule has 1 heterocycles. The van der Waals surface area contributed by atoms with Crippen molar-refractivity contribution in [2.75, 3.05) is 7.11 Å². The fourth-order valence-electron chi connectivity index (χ4n) is 1.81. The number of nitrogens with two attached hydrogens (primary N) is 1. The third-order valence-corrected chi connectivity index (χ3v) is 3.02. The van der Waals surface area contributed by atoms with Gasteiger partial charge in [-0.1, -0.05) is 11.6 Å². The Morgan fingerprint density at radius 1 is 1.44 bits per heavy atom. The first kappa shape index (κ1) is 12.9. The van der Waals surface area contributed by atoms with Gasteiger partial charge in [0.15, 0.2) is 11.6 Å². The van der Waals surface area contributed by atoms with Crippen LogP contribution < -0.4 is 10.5 Å². The Bertz CT molecular complexity index is 580. The molecule has 2 rings (SSSR count). The van der Waals surface area contributed by atoms with E-state index in [1.54, 1.807) is 11.8 Å². The van der Waals surface area contributed by atoms with Crippen LogP contribution in [0.15, 0.2) is 12.1 Å². The summed E-state index contributed by atoms with van der Waals surface area (Å²) < 4.78 is 6.88. The number of hydrogen-bond acceptors (Lipinski definition) is 4. The fourth-order valence-corrected chi connectivity index (χ4v) is 2.05. The van der Waals surface area contributed by atoms with Crippen LogP contribution in [0.3, 0.4) is 0 Å². The molecule has 2 aromatic rings. The molecule has 1 aromatic heterocycles. The van der Waals surface area contributed by atoms with Gasteiger partial charge >= 0.3 is 0 Å². The first-order chi connectivity index (χ1) is 8.56. The summed E-state index contributed by atoms with van der Waals surface area (Å²) in [5.74, 6) is 2.01. The van der Waals surface area contributed by atoms with Gasteiger partial charge in [-0.25, -0.2) is 9.67 Å². The quantitative estimate of drug-likeness (QED) is 0.922. The highest BCUT2D eigenvalue weighted by Gasteiger charge is 2.14. The maximum Gasteiger partial charge on any atom is 0.164 e. The summed E-state index contributed by atoms with van der Waals surface area (Å²) >= 11 is 6.14. The number of halogens is 1. The second-order valence-electron chi connectivity index (χ2n) is 3.98. The van der Waals surface area contributed by atoms with Crippen molar-refractivity contribution in [1.29, 1.82) is 0 Å². The molecule has 0 aliphatic carbocycles. The van der Waals surface area contributed by atoms with Gasteiger partial charge in [-0.15, -0.1) is 0 Å². The van der Waals surface area contributed by atoms with Crippen LogP contribution in [0, 0.1) is 6.92 Å². The highest BCUT2D eigenvalue weighted by molar-refractivity contribution is 6.32. The minimum Gasteiger partial charge on any atom is -0.495 e. The Morgan fingerprint density at radius 3 is 2.72 bits per heavy atom. The number of rotatable bonds is 3. The van der Waals surface area contributed by atoms with E-state index in [0.29, 0.717) is 23.1 Å². The van der Waals surface area contributed by atoms with E-state index in [4.69, 9.17) is 22.1 Å². The van der Waals surface area contributed by atoms with Crippen molar-refractivity contribution in [3.63, 3.8) is 0 Å². The molecule has 0 unspecified atom stereocenters. The van der Waals surface area contributed by atoms with Crippen molar-refractivity contribution in [1.82, 2.24) is 14.8 Å². The molecule has 1 aromatic carbocycles. The maximum absolute atomic E-state index is 6.14. The molecule has 5 nitrogen and oxygen atoms in total. The van der Waals surface area contributed by atoms with Gasteiger partial charge in [0.05, 0.1) is 18.7 Å². The zero-order chi connectivity index (χ0) is 13.3. The van der Waals surface area contributed by atoms with Crippen LogP contribution in [0.25, 0.3) is 11.4 Å². The molecule has 0 saturated carbocycles. The lowest BCUT2D eigenvalue weighted by molar-refractivity contribution is 0.415. The lowest BCUT2D eigenvalue weighted by Crippen LogP contribution is -1.99. The summed E-state index contributed by atoms with van der Waals surface area (Å²) in [5.41, 5.74) is 7.49. The molecule has 0 amide bonds. The van der Waals surface area contributed by atoms with Crippen LogP contribution in [-0.2, 0) is 13.6 Å². The highest BCUT2D eigenvalue weighted by atomic mass is 35.5. The van der Waals surface area contributed by atoms with E-state index in [2.05, 4.69) is 10.1 Å². The average molecular weight is 267 g/mol. The van der Waals surface area contributed by atoms with E-state index in [0.717, 1.165) is 17.0 Å². The largest absolute Gasteiger partial charge is 0.495 e. The van der Waals surface area contributed by atoms with Crippen LogP contribution in [-0.4, -0.2) is 21.9 Å². The third kappa shape index (κ3) is 2.19. The molecule has 0 saturated heterocycles. The van der Waals surface area contributed by atoms with Crippen LogP contribution in [0.1, 0.15) is 11.4 Å². The van der Waals surface area contributed by atoms with Gasteiger partial charge in [0.2, 0.25) is 0 Å². The third-order valence-electron chi connectivity index (χ3n) is 2.73. The minimum absolute atomic E-state index is 0.316. The molecule has 6 heteroatoms. The van der Waals surface area contributed by atoms with Gasteiger partial charge in [0, 0.05) is 12.6 Å². The van der Waals surface area contributed by atoms with Crippen molar-refractivity contribution in [3.8, 4) is 17.1 Å². The highest BCUT2D eigenvalue weighted by Crippen LogP contribution is 2.32. The average Bonchev–Trinajstić information content (AvgIpc) is 2.73. The SMILES string of the molecule is COc1cc(C)c(-c2nc(CN)nn2C)cc1Cl. The molecule has 2 N–H and O–H groups in total. The molecule has 0 aliphatic rings. The van der Waals surface area contributed by atoms with Crippen LogP contribution in [0.2, 0.25) is 5.02 Å². The predicted octanol–water partition coefficient (Wildman–Crippen LogP) is 1.91. The van der Waals surface area contributed by atoms with E-state index in [-0.39, 0.29) is 0 Å². The molecular formula is C12H15ClN4O. The van der Waals surface area contributed by atoms with E-state index >= 15 is 0 Å². The van der Waals surface area contributed by atoms with Crippen molar-refractivity contribution in [2.45, 2.75) is 13.5 Å². The van der Waals surface area contributed by atoms with E-state index < -0.39 is 0 Å². The Kier molecular flexibility index (Phi) is 3.54. The van der Waals surface area contributed by atoms with Gasteiger partial charge in [-0.2, -0.15) is 5.10 Å². The van der Waals surface area contributed by atoms with Crippen molar-refractivity contribution in [3.05, 3.63) is 28.5 Å². The number of hydrogen-bond donors (Lipinski definition) is 1. The maximum atomic E-state index is 6.14. The number of methoxy groups -OCH3 is 1. The zero-order valence-corrected chi connectivity index (χ0v) is 11.3. The van der Waals surface area contributed by atoms with Gasteiger partial charge in [0.1, 0.15) is 5.75 Å². The summed E-state index contributed by atoms with van der Waals surface area (Å²) in [6.07, 6.45) is 0. The molecule has 0 radical (unpaired) electrons. The molecular weight excluding hydrogens is 252 g/mol. The number of ether oxygens (including phenoxy) is 1. The molecule has 0 bridgehead atoms. The molecule has 0 fully saturated rings. The van der Waals surface area contributed by atoms with Crippen molar-refractivity contribution < 1.29 is 4.74 Å². The van der Waals surface area contributed by atoms with Crippen LogP contribution in [0.5, 0.6) is 5.75 Å². The second-order valence-corrected chi connectivity index (χ2v) is 4.39. The number of nitrogens with zero attached hydrogens (tertiary/aromatic N) is 3. The van der Waals surface area contributed by atoms with Crippen LogP contribution in [0.4, 0.5) is 0 Å². The van der Waals surface area contributed by atoms with E-state index in [9.17, 15) is 0 Å². The standard InChI is InChI=1S/C12H15ClN4O/c1-7-4-10(18-3)9(13)5-8(7)12-15-11(6-14)16-17(12)2/h4-5H,6,14H2,1-3H3. The summed E-state index contributed by atoms with van der Waals surface area (Å²) in [7, 11) is 3.42. The summed E-state index contributed by atoms with van der Waals surface area (Å²) in [4.78, 5) is 4.38. The Morgan fingerprint density at radius 2 is 2.17 bits per heavy atom. The molecule has 18 heavy (non-hydrogen) atoms. The number of aryl methyl sites for hydroxylation is 2. The first-order valence-corrected chi connectivity index (χ1v) is 5.89. The predicted molar refractivity (Wildman–Crippen MR) is 70.6 cm³/mol. The topological polar surface area (TPSA) is 66.0 Å². The summed E-state index contributed by atoms with van der Waals surface area (Å²) in [6, 6.07) is 3.72.